The third-order valence-electron chi connectivity index (χ3n) is 4.55. The number of nitrogens with zero attached hydrogens (tertiary/aromatic N) is 4. The highest BCUT2D eigenvalue weighted by atomic mass is 19.1. The number of aromatic carboxylic acids is 1. The molecule has 2 aromatic rings. The lowest BCUT2D eigenvalue weighted by molar-refractivity contribution is 0.0691. The molecule has 0 saturated carbocycles. The maximum atomic E-state index is 14.1. The van der Waals surface area contributed by atoms with Gasteiger partial charge in [-0.15, -0.1) is 0 Å². The van der Waals surface area contributed by atoms with Crippen LogP contribution in [0.2, 0.25) is 0 Å². The molecule has 27 heavy (non-hydrogen) atoms. The van der Waals surface area contributed by atoms with E-state index in [1.165, 1.54) is 12.1 Å². The maximum Gasteiger partial charge on any atom is 0.335 e. The van der Waals surface area contributed by atoms with Gasteiger partial charge in [-0.1, -0.05) is 13.8 Å². The van der Waals surface area contributed by atoms with E-state index in [9.17, 15) is 14.0 Å². The molecule has 3 rings (SSSR count). The normalized spacial score (nSPS) is 14.5. The third kappa shape index (κ3) is 4.05. The van der Waals surface area contributed by atoms with Crippen molar-refractivity contribution in [3.63, 3.8) is 0 Å². The Morgan fingerprint density at radius 2 is 1.85 bits per heavy atom. The van der Waals surface area contributed by atoms with Gasteiger partial charge in [-0.2, -0.15) is 0 Å². The average molecular weight is 372 g/mol. The van der Waals surface area contributed by atoms with Crippen LogP contribution in [0.3, 0.4) is 0 Å². The number of carbonyl (C=O) groups is 2. The number of carboxylic acid groups (broad SMARTS) is 1. The second kappa shape index (κ2) is 7.69. The molecule has 1 N–H and O–H groups in total. The first-order valence-corrected chi connectivity index (χ1v) is 8.77. The highest BCUT2D eigenvalue weighted by Gasteiger charge is 2.25. The van der Waals surface area contributed by atoms with E-state index in [4.69, 9.17) is 5.11 Å². The van der Waals surface area contributed by atoms with E-state index >= 15 is 0 Å². The third-order valence-corrected chi connectivity index (χ3v) is 4.55. The van der Waals surface area contributed by atoms with Gasteiger partial charge in [-0.25, -0.2) is 19.2 Å². The summed E-state index contributed by atoms with van der Waals surface area (Å²) in [6, 6.07) is 5.22. The standard InChI is InChI=1S/C19H21FN4O3/c1-12(2)16-5-6-21-19(22-16)24-9-7-23(8-10-24)17(25)14-4-3-13(18(26)27)11-15(14)20/h3-6,11-12H,7-10H2,1-2H3,(H,26,27). The molecule has 0 atom stereocenters. The van der Waals surface area contributed by atoms with Gasteiger partial charge in [0.25, 0.3) is 5.91 Å². The summed E-state index contributed by atoms with van der Waals surface area (Å²) in [5.41, 5.74) is 0.654. The summed E-state index contributed by atoms with van der Waals surface area (Å²) in [6.07, 6.45) is 1.73. The smallest absolute Gasteiger partial charge is 0.335 e. The molecular weight excluding hydrogens is 351 g/mol. The summed E-state index contributed by atoms with van der Waals surface area (Å²) in [5, 5.41) is 8.90. The molecule has 142 valence electrons. The fraction of sp³-hybridized carbons (Fsp3) is 0.368. The van der Waals surface area contributed by atoms with E-state index in [1.807, 2.05) is 11.0 Å². The summed E-state index contributed by atoms with van der Waals surface area (Å²) in [7, 11) is 0. The molecule has 1 amide bonds. The number of carbonyl (C=O) groups excluding carboxylic acids is 1. The van der Waals surface area contributed by atoms with Crippen molar-refractivity contribution in [2.24, 2.45) is 0 Å². The topological polar surface area (TPSA) is 86.6 Å². The van der Waals surface area contributed by atoms with Gasteiger partial charge in [-0.05, 0) is 30.2 Å². The molecule has 1 fully saturated rings. The molecule has 1 aromatic heterocycles. The van der Waals surface area contributed by atoms with Crippen molar-refractivity contribution in [2.45, 2.75) is 19.8 Å². The van der Waals surface area contributed by atoms with Crippen molar-refractivity contribution in [1.82, 2.24) is 14.9 Å². The van der Waals surface area contributed by atoms with Crippen LogP contribution in [0.15, 0.2) is 30.5 Å². The van der Waals surface area contributed by atoms with Crippen LogP contribution in [-0.4, -0.2) is 58.0 Å². The predicted octanol–water partition coefficient (Wildman–Crippen LogP) is 2.40. The molecule has 1 aromatic carbocycles. The average Bonchev–Trinajstić information content (AvgIpc) is 2.67. The lowest BCUT2D eigenvalue weighted by Crippen LogP contribution is -2.49. The number of carboxylic acids is 1. The zero-order chi connectivity index (χ0) is 19.6. The fourth-order valence-electron chi connectivity index (χ4n) is 2.94. The minimum absolute atomic E-state index is 0.119. The van der Waals surface area contributed by atoms with Crippen LogP contribution in [0.1, 0.15) is 46.2 Å². The SMILES string of the molecule is CC(C)c1ccnc(N2CCN(C(=O)c3ccc(C(=O)O)cc3F)CC2)n1. The van der Waals surface area contributed by atoms with Crippen molar-refractivity contribution >= 4 is 17.8 Å². The number of piperazine rings is 1. The molecule has 2 heterocycles. The van der Waals surface area contributed by atoms with Crippen LogP contribution in [0.5, 0.6) is 0 Å². The second-order valence-corrected chi connectivity index (χ2v) is 6.72. The lowest BCUT2D eigenvalue weighted by atomic mass is 10.1. The maximum absolute atomic E-state index is 14.1. The number of hydrogen-bond acceptors (Lipinski definition) is 5. The molecule has 1 aliphatic heterocycles. The number of halogens is 1. The van der Waals surface area contributed by atoms with Gasteiger partial charge < -0.3 is 14.9 Å². The molecule has 0 spiro atoms. The number of aromatic nitrogens is 2. The first kappa shape index (κ1) is 18.8. The Bertz CT molecular complexity index is 864. The number of amides is 1. The number of rotatable bonds is 4. The zero-order valence-electron chi connectivity index (χ0n) is 15.2. The Morgan fingerprint density at radius 3 is 2.44 bits per heavy atom. The Balaban J connectivity index is 1.68. The Kier molecular flexibility index (Phi) is 5.34. The van der Waals surface area contributed by atoms with Gasteiger partial charge in [0.15, 0.2) is 0 Å². The first-order chi connectivity index (χ1) is 12.9. The van der Waals surface area contributed by atoms with Crippen LogP contribution >= 0.6 is 0 Å². The number of benzene rings is 1. The molecule has 0 radical (unpaired) electrons. The van der Waals surface area contributed by atoms with Gasteiger partial charge in [0.1, 0.15) is 5.82 Å². The fourth-order valence-corrected chi connectivity index (χ4v) is 2.94. The van der Waals surface area contributed by atoms with Gasteiger partial charge in [0.05, 0.1) is 11.1 Å². The summed E-state index contributed by atoms with van der Waals surface area (Å²) >= 11 is 0. The quantitative estimate of drug-likeness (QED) is 0.887. The van der Waals surface area contributed by atoms with Gasteiger partial charge in [0.2, 0.25) is 5.95 Å². The molecule has 8 heteroatoms. The Hall–Kier alpha value is -3.03. The predicted molar refractivity (Wildman–Crippen MR) is 97.6 cm³/mol. The van der Waals surface area contributed by atoms with Gasteiger partial charge in [-0.3, -0.25) is 4.79 Å². The van der Waals surface area contributed by atoms with Crippen molar-refractivity contribution in [3.8, 4) is 0 Å². The van der Waals surface area contributed by atoms with Crippen LogP contribution in [0, 0.1) is 5.82 Å². The van der Waals surface area contributed by atoms with E-state index in [-0.39, 0.29) is 11.1 Å². The summed E-state index contributed by atoms with van der Waals surface area (Å²) < 4.78 is 14.1. The summed E-state index contributed by atoms with van der Waals surface area (Å²) in [6.45, 7) is 6.03. The van der Waals surface area contributed by atoms with E-state index in [0.29, 0.717) is 38.0 Å². The molecule has 1 aliphatic rings. The lowest BCUT2D eigenvalue weighted by Gasteiger charge is -2.35. The Labute approximate surface area is 156 Å². The van der Waals surface area contributed by atoms with Crippen molar-refractivity contribution < 1.29 is 19.1 Å². The highest BCUT2D eigenvalue weighted by molar-refractivity contribution is 5.96. The molecule has 7 nitrogen and oxygen atoms in total. The minimum atomic E-state index is -1.23. The molecule has 1 saturated heterocycles. The zero-order valence-corrected chi connectivity index (χ0v) is 15.2. The molecule has 0 aliphatic carbocycles. The van der Waals surface area contributed by atoms with E-state index in [1.54, 1.807) is 11.1 Å². The van der Waals surface area contributed by atoms with Crippen LogP contribution in [0.25, 0.3) is 0 Å². The van der Waals surface area contributed by atoms with Gasteiger partial charge in [0, 0.05) is 38.1 Å². The molecule has 0 unspecified atom stereocenters. The highest BCUT2D eigenvalue weighted by Crippen LogP contribution is 2.18. The van der Waals surface area contributed by atoms with Crippen molar-refractivity contribution in [1.29, 1.82) is 0 Å². The van der Waals surface area contributed by atoms with Gasteiger partial charge >= 0.3 is 5.97 Å². The van der Waals surface area contributed by atoms with E-state index in [2.05, 4.69) is 23.8 Å². The van der Waals surface area contributed by atoms with E-state index in [0.717, 1.165) is 11.8 Å². The first-order valence-electron chi connectivity index (χ1n) is 8.77. The summed E-state index contributed by atoms with van der Waals surface area (Å²) in [5.74, 6) is -1.57. The van der Waals surface area contributed by atoms with Crippen molar-refractivity contribution in [3.05, 3.63) is 53.1 Å². The minimum Gasteiger partial charge on any atom is -0.478 e. The van der Waals surface area contributed by atoms with Crippen molar-refractivity contribution in [2.75, 3.05) is 31.1 Å². The van der Waals surface area contributed by atoms with Crippen LogP contribution in [0.4, 0.5) is 10.3 Å². The van der Waals surface area contributed by atoms with Crippen LogP contribution in [-0.2, 0) is 0 Å². The Morgan fingerprint density at radius 1 is 1.15 bits per heavy atom. The van der Waals surface area contributed by atoms with Crippen LogP contribution < -0.4 is 4.90 Å². The monoisotopic (exact) mass is 372 g/mol. The summed E-state index contributed by atoms with van der Waals surface area (Å²) in [4.78, 5) is 35.9. The number of hydrogen-bond donors (Lipinski definition) is 1. The largest absolute Gasteiger partial charge is 0.478 e. The molecule has 0 bridgehead atoms. The second-order valence-electron chi connectivity index (χ2n) is 6.72. The molecular formula is C19H21FN4O3. The number of anilines is 1. The van der Waals surface area contributed by atoms with E-state index < -0.39 is 17.7 Å².